The Labute approximate surface area is 152 Å². The van der Waals surface area contributed by atoms with E-state index < -0.39 is 18.6 Å². The molecule has 0 fully saturated rings. The Hall–Kier alpha value is -1.80. The van der Waals surface area contributed by atoms with E-state index in [1.807, 2.05) is 31.2 Å². The molecule has 1 aromatic heterocycles. The van der Waals surface area contributed by atoms with Crippen LogP contribution < -0.4 is 5.32 Å². The van der Waals surface area contributed by atoms with Crippen molar-refractivity contribution in [3.8, 4) is 0 Å². The largest absolute Gasteiger partial charge is 0.467 e. The maximum absolute atomic E-state index is 12.8. The second kappa shape index (κ2) is 8.53. The summed E-state index contributed by atoms with van der Waals surface area (Å²) in [5, 5.41) is 2.97. The molecule has 1 aromatic carbocycles. The highest BCUT2D eigenvalue weighted by Gasteiger charge is 2.33. The van der Waals surface area contributed by atoms with Gasteiger partial charge in [0.2, 0.25) is 5.91 Å². The number of rotatable bonds is 7. The standard InChI is InChI=1S/C17H18BrF3N2O2/c1-12(14-6-2-3-7-15(14)18)22-9-16(24)23(11-17(19,20)21)10-13-5-4-8-25-13/h2-8,12,22H,9-11H2,1H3. The first-order chi connectivity index (χ1) is 11.8. The summed E-state index contributed by atoms with van der Waals surface area (Å²) in [5.74, 6) is -0.343. The molecule has 1 unspecified atom stereocenters. The normalized spacial score (nSPS) is 12.8. The Balaban J connectivity index is 1.99. The van der Waals surface area contributed by atoms with E-state index in [0.717, 1.165) is 14.9 Å². The average molecular weight is 419 g/mol. The van der Waals surface area contributed by atoms with E-state index in [4.69, 9.17) is 4.42 Å². The van der Waals surface area contributed by atoms with Gasteiger partial charge in [0.15, 0.2) is 0 Å². The SMILES string of the molecule is CC(NCC(=O)N(Cc1ccco1)CC(F)(F)F)c1ccccc1Br. The molecule has 25 heavy (non-hydrogen) atoms. The van der Waals surface area contributed by atoms with Crippen molar-refractivity contribution in [3.05, 3.63) is 58.5 Å². The fourth-order valence-electron chi connectivity index (χ4n) is 2.33. The van der Waals surface area contributed by atoms with Gasteiger partial charge in [0.05, 0.1) is 19.4 Å². The minimum atomic E-state index is -4.48. The highest BCUT2D eigenvalue weighted by atomic mass is 79.9. The van der Waals surface area contributed by atoms with Crippen molar-refractivity contribution in [1.82, 2.24) is 10.2 Å². The van der Waals surface area contributed by atoms with Crippen LogP contribution >= 0.6 is 15.9 Å². The number of furan rings is 1. The maximum Gasteiger partial charge on any atom is 0.406 e. The summed E-state index contributed by atoms with van der Waals surface area (Å²) in [4.78, 5) is 13.0. The maximum atomic E-state index is 12.8. The minimum absolute atomic E-state index is 0.198. The van der Waals surface area contributed by atoms with Crippen molar-refractivity contribution < 1.29 is 22.4 Å². The molecule has 8 heteroatoms. The first-order valence-electron chi connectivity index (χ1n) is 7.61. The van der Waals surface area contributed by atoms with E-state index in [0.29, 0.717) is 5.76 Å². The van der Waals surface area contributed by atoms with E-state index in [1.54, 1.807) is 6.07 Å². The predicted octanol–water partition coefficient (Wildman–Crippen LogP) is 4.28. The van der Waals surface area contributed by atoms with Crippen LogP contribution in [0.3, 0.4) is 0 Å². The highest BCUT2D eigenvalue weighted by Crippen LogP contribution is 2.23. The summed E-state index contributed by atoms with van der Waals surface area (Å²) in [6.07, 6.45) is -3.12. The minimum Gasteiger partial charge on any atom is -0.467 e. The van der Waals surface area contributed by atoms with Crippen molar-refractivity contribution in [3.63, 3.8) is 0 Å². The number of amides is 1. The number of carbonyl (C=O) groups is 1. The summed E-state index contributed by atoms with van der Waals surface area (Å²) in [5.41, 5.74) is 0.920. The molecule has 0 bridgehead atoms. The number of carbonyl (C=O) groups excluding carboxylic acids is 1. The van der Waals surface area contributed by atoms with Gasteiger partial charge in [-0.05, 0) is 30.7 Å². The summed E-state index contributed by atoms with van der Waals surface area (Å²) < 4.78 is 44.2. The van der Waals surface area contributed by atoms with Crippen LogP contribution in [0.1, 0.15) is 24.3 Å². The molecule has 0 aliphatic heterocycles. The number of alkyl halides is 3. The van der Waals surface area contributed by atoms with Crippen LogP contribution in [-0.4, -0.2) is 30.1 Å². The van der Waals surface area contributed by atoms with Crippen molar-refractivity contribution in [1.29, 1.82) is 0 Å². The third-order valence-corrected chi connectivity index (χ3v) is 4.30. The Morgan fingerprint density at radius 3 is 2.60 bits per heavy atom. The summed E-state index contributed by atoms with van der Waals surface area (Å²) in [6, 6.07) is 10.4. The van der Waals surface area contributed by atoms with Crippen LogP contribution in [-0.2, 0) is 11.3 Å². The molecule has 0 aliphatic carbocycles. The van der Waals surface area contributed by atoms with Crippen LogP contribution in [0.5, 0.6) is 0 Å². The zero-order chi connectivity index (χ0) is 18.4. The Morgan fingerprint density at radius 2 is 2.00 bits per heavy atom. The quantitative estimate of drug-likeness (QED) is 0.729. The van der Waals surface area contributed by atoms with Crippen LogP contribution in [0.25, 0.3) is 0 Å². The first-order valence-corrected chi connectivity index (χ1v) is 8.40. The number of nitrogens with one attached hydrogen (secondary N) is 1. The summed E-state index contributed by atoms with van der Waals surface area (Å²) in [7, 11) is 0. The van der Waals surface area contributed by atoms with Crippen molar-refractivity contribution in [2.45, 2.75) is 25.7 Å². The lowest BCUT2D eigenvalue weighted by molar-refractivity contribution is -0.162. The van der Waals surface area contributed by atoms with Crippen molar-refractivity contribution in [2.24, 2.45) is 0 Å². The van der Waals surface area contributed by atoms with Gasteiger partial charge in [0.1, 0.15) is 12.3 Å². The Bertz CT molecular complexity index is 689. The highest BCUT2D eigenvalue weighted by molar-refractivity contribution is 9.10. The molecular formula is C17H18BrF3N2O2. The van der Waals surface area contributed by atoms with Crippen molar-refractivity contribution >= 4 is 21.8 Å². The predicted molar refractivity (Wildman–Crippen MR) is 90.7 cm³/mol. The monoisotopic (exact) mass is 418 g/mol. The van der Waals surface area contributed by atoms with Gasteiger partial charge in [0.25, 0.3) is 0 Å². The average Bonchev–Trinajstić information content (AvgIpc) is 3.04. The molecule has 4 nitrogen and oxygen atoms in total. The van der Waals surface area contributed by atoms with Crippen LogP contribution in [0.15, 0.2) is 51.6 Å². The fraction of sp³-hybridized carbons (Fsp3) is 0.353. The molecule has 2 aromatic rings. The lowest BCUT2D eigenvalue weighted by Crippen LogP contribution is -2.43. The summed E-state index contributed by atoms with van der Waals surface area (Å²) >= 11 is 3.42. The van der Waals surface area contributed by atoms with E-state index in [9.17, 15) is 18.0 Å². The molecule has 0 spiro atoms. The molecule has 0 radical (unpaired) electrons. The molecule has 136 valence electrons. The molecule has 1 atom stereocenters. The van der Waals surface area contributed by atoms with Gasteiger partial charge < -0.3 is 14.6 Å². The van der Waals surface area contributed by atoms with Crippen LogP contribution in [0, 0.1) is 0 Å². The van der Waals surface area contributed by atoms with Gasteiger partial charge in [-0.1, -0.05) is 34.1 Å². The van der Waals surface area contributed by atoms with Gasteiger partial charge in [0, 0.05) is 10.5 Å². The molecule has 2 rings (SSSR count). The molecular weight excluding hydrogens is 401 g/mol. The van der Waals surface area contributed by atoms with Gasteiger partial charge >= 0.3 is 6.18 Å². The molecule has 1 N–H and O–H groups in total. The summed E-state index contributed by atoms with van der Waals surface area (Å²) in [6.45, 7) is 0.0847. The fourth-order valence-corrected chi connectivity index (χ4v) is 2.96. The first kappa shape index (κ1) is 19.5. The van der Waals surface area contributed by atoms with Gasteiger partial charge in [-0.15, -0.1) is 0 Å². The van der Waals surface area contributed by atoms with Crippen LogP contribution in [0.4, 0.5) is 13.2 Å². The Morgan fingerprint density at radius 1 is 1.28 bits per heavy atom. The van der Waals surface area contributed by atoms with Gasteiger partial charge in [-0.25, -0.2) is 0 Å². The lowest BCUT2D eigenvalue weighted by Gasteiger charge is -2.24. The van der Waals surface area contributed by atoms with E-state index in [2.05, 4.69) is 21.2 Å². The number of hydrogen-bond donors (Lipinski definition) is 1. The zero-order valence-corrected chi connectivity index (χ0v) is 15.1. The molecule has 1 heterocycles. The van der Waals surface area contributed by atoms with E-state index >= 15 is 0 Å². The molecule has 0 aliphatic rings. The van der Waals surface area contributed by atoms with Crippen LogP contribution in [0.2, 0.25) is 0 Å². The Kier molecular flexibility index (Phi) is 6.66. The smallest absolute Gasteiger partial charge is 0.406 e. The third-order valence-electron chi connectivity index (χ3n) is 3.58. The second-order valence-corrected chi connectivity index (χ2v) is 6.42. The molecule has 1 amide bonds. The van der Waals surface area contributed by atoms with Gasteiger partial charge in [-0.2, -0.15) is 13.2 Å². The van der Waals surface area contributed by atoms with Gasteiger partial charge in [-0.3, -0.25) is 4.79 Å². The molecule has 0 saturated heterocycles. The number of hydrogen-bond acceptors (Lipinski definition) is 3. The van der Waals surface area contributed by atoms with E-state index in [1.165, 1.54) is 12.3 Å². The topological polar surface area (TPSA) is 45.5 Å². The lowest BCUT2D eigenvalue weighted by atomic mass is 10.1. The zero-order valence-electron chi connectivity index (χ0n) is 13.5. The number of nitrogens with zero attached hydrogens (tertiary/aromatic N) is 1. The molecule has 0 saturated carbocycles. The number of halogens is 4. The second-order valence-electron chi connectivity index (χ2n) is 5.57. The number of benzene rings is 1. The van der Waals surface area contributed by atoms with Crippen molar-refractivity contribution in [2.75, 3.05) is 13.1 Å². The third kappa shape index (κ3) is 6.21. The van der Waals surface area contributed by atoms with E-state index in [-0.39, 0.29) is 19.1 Å².